The first-order chi connectivity index (χ1) is 23.7. The van der Waals surface area contributed by atoms with E-state index in [9.17, 15) is 0 Å². The van der Waals surface area contributed by atoms with E-state index in [1.807, 2.05) is 42.5 Å². The van der Waals surface area contributed by atoms with Crippen LogP contribution in [0.1, 0.15) is 0 Å². The highest BCUT2D eigenvalue weighted by Gasteiger charge is 2.18. The Morgan fingerprint density at radius 2 is 0.938 bits per heavy atom. The Morgan fingerprint density at radius 1 is 0.396 bits per heavy atom. The fraction of sp³-hybridized carbons (Fsp3) is 0. The van der Waals surface area contributed by atoms with Crippen molar-refractivity contribution in [2.45, 2.75) is 0 Å². The van der Waals surface area contributed by atoms with Gasteiger partial charge in [-0.15, -0.1) is 0 Å². The van der Waals surface area contributed by atoms with Crippen LogP contribution in [0, 0.1) is 0 Å². The maximum Gasteiger partial charge on any atom is 0.164 e. The summed E-state index contributed by atoms with van der Waals surface area (Å²) in [6.07, 6.45) is 0. The van der Waals surface area contributed by atoms with Gasteiger partial charge < -0.3 is 4.57 Å². The van der Waals surface area contributed by atoms with Gasteiger partial charge in [0.1, 0.15) is 0 Å². The van der Waals surface area contributed by atoms with E-state index >= 15 is 0 Å². The average Bonchev–Trinajstić information content (AvgIpc) is 3.50. The molecule has 0 amide bonds. The van der Waals surface area contributed by atoms with Crippen molar-refractivity contribution in [1.82, 2.24) is 19.5 Å². The van der Waals surface area contributed by atoms with Crippen molar-refractivity contribution in [3.63, 3.8) is 0 Å². The van der Waals surface area contributed by atoms with Crippen molar-refractivity contribution in [1.29, 1.82) is 0 Å². The van der Waals surface area contributed by atoms with Crippen LogP contribution in [0.25, 0.3) is 83.6 Å². The first kappa shape index (κ1) is 28.1. The van der Waals surface area contributed by atoms with Gasteiger partial charge in [0.2, 0.25) is 0 Å². The first-order valence-corrected chi connectivity index (χ1v) is 16.3. The van der Waals surface area contributed by atoms with Gasteiger partial charge in [-0.3, -0.25) is 0 Å². The summed E-state index contributed by atoms with van der Waals surface area (Å²) in [6.45, 7) is 0. The van der Waals surface area contributed by atoms with E-state index in [0.717, 1.165) is 71.1 Å². The summed E-state index contributed by atoms with van der Waals surface area (Å²) in [5.41, 5.74) is 8.13. The Balaban J connectivity index is 1.19. The lowest BCUT2D eigenvalue weighted by Crippen LogP contribution is -2.01. The third-order valence-corrected chi connectivity index (χ3v) is 9.28. The molecule has 0 fully saturated rings. The maximum atomic E-state index is 7.18. The summed E-state index contributed by atoms with van der Waals surface area (Å²) < 4.78 is 2.26. The molecule has 0 atom stereocenters. The summed E-state index contributed by atoms with van der Waals surface area (Å²) in [6, 6.07) is 56.2. The van der Waals surface area contributed by atoms with Crippen LogP contribution in [0.4, 0.5) is 0 Å². The molecule has 7 aromatic carbocycles. The van der Waals surface area contributed by atoms with Crippen molar-refractivity contribution in [2.75, 3.05) is 0 Å². The Kier molecular flexibility index (Phi) is 6.81. The molecule has 0 radical (unpaired) electrons. The minimum atomic E-state index is 0.613. The number of fused-ring (bicyclic) bond motifs is 4. The molecule has 0 spiro atoms. The average molecular weight is 635 g/mol. The quantitative estimate of drug-likeness (QED) is 0.189. The molecule has 0 saturated carbocycles. The van der Waals surface area contributed by atoms with E-state index in [0.29, 0.717) is 17.5 Å². The van der Waals surface area contributed by atoms with E-state index in [1.54, 1.807) is 0 Å². The van der Waals surface area contributed by atoms with Gasteiger partial charge in [-0.1, -0.05) is 133 Å². The lowest BCUT2D eigenvalue weighted by atomic mass is 10.0. The highest BCUT2D eigenvalue weighted by Crippen LogP contribution is 2.40. The molecule has 226 valence electrons. The molecule has 48 heavy (non-hydrogen) atoms. The molecule has 0 aliphatic rings. The van der Waals surface area contributed by atoms with Gasteiger partial charge in [-0.2, -0.15) is 0 Å². The van der Waals surface area contributed by atoms with E-state index in [4.69, 9.17) is 26.6 Å². The third kappa shape index (κ3) is 4.82. The van der Waals surface area contributed by atoms with Crippen LogP contribution in [0.5, 0.6) is 0 Å². The second-order valence-electron chi connectivity index (χ2n) is 11.8. The van der Waals surface area contributed by atoms with Crippen molar-refractivity contribution >= 4 is 44.2 Å². The first-order valence-electron chi connectivity index (χ1n) is 15.9. The van der Waals surface area contributed by atoms with Crippen LogP contribution < -0.4 is 0 Å². The summed E-state index contributed by atoms with van der Waals surface area (Å²) in [5, 5.41) is 5.20. The van der Waals surface area contributed by atoms with Crippen LogP contribution in [-0.2, 0) is 0 Å². The van der Waals surface area contributed by atoms with E-state index in [1.165, 1.54) is 0 Å². The summed E-state index contributed by atoms with van der Waals surface area (Å²) in [7, 11) is 0. The zero-order valence-corrected chi connectivity index (χ0v) is 26.5. The highest BCUT2D eigenvalue weighted by molar-refractivity contribution is 6.41. The van der Waals surface area contributed by atoms with E-state index in [-0.39, 0.29) is 0 Å². The molecular weight excluding hydrogens is 608 g/mol. The zero-order chi connectivity index (χ0) is 32.0. The lowest BCUT2D eigenvalue weighted by molar-refractivity contribution is 1.07. The molecule has 4 nitrogen and oxygen atoms in total. The number of nitrogens with zero attached hydrogens (tertiary/aromatic N) is 4. The second-order valence-corrected chi connectivity index (χ2v) is 12.2. The molecule has 0 saturated heterocycles. The number of hydrogen-bond donors (Lipinski definition) is 0. The van der Waals surface area contributed by atoms with Crippen LogP contribution in [0.3, 0.4) is 0 Å². The Hall–Kier alpha value is -6.10. The van der Waals surface area contributed by atoms with Crippen LogP contribution in [0.15, 0.2) is 164 Å². The fourth-order valence-corrected chi connectivity index (χ4v) is 6.94. The number of halogens is 1. The van der Waals surface area contributed by atoms with Gasteiger partial charge in [-0.25, -0.2) is 15.0 Å². The molecule has 0 aliphatic heterocycles. The Morgan fingerprint density at radius 3 is 1.67 bits per heavy atom. The summed E-state index contributed by atoms with van der Waals surface area (Å²) >= 11 is 7.18. The van der Waals surface area contributed by atoms with Crippen LogP contribution in [0.2, 0.25) is 5.02 Å². The highest BCUT2D eigenvalue weighted by atomic mass is 35.5. The second kappa shape index (κ2) is 11.6. The molecule has 2 aromatic heterocycles. The fourth-order valence-electron chi connectivity index (χ4n) is 6.58. The molecule has 0 N–H and O–H groups in total. The number of hydrogen-bond acceptors (Lipinski definition) is 3. The van der Waals surface area contributed by atoms with E-state index in [2.05, 4.69) is 126 Å². The van der Waals surface area contributed by atoms with Gasteiger partial charge in [0.15, 0.2) is 17.5 Å². The standard InChI is InChI=1S/C43H27ClN4/c44-39-35-19-8-7-16-32(35)27-37-36-20-9-10-21-38(36)48(40(37)39)34-24-22-30(23-25-34)42-45-41(29-14-5-2-6-15-29)46-43(47-42)33-18-11-17-31(26-33)28-12-3-1-4-13-28/h1-27H. The number of para-hydroxylation sites is 1. The predicted octanol–water partition coefficient (Wildman–Crippen LogP) is 11.4. The molecule has 0 unspecified atom stereocenters. The Labute approximate surface area is 282 Å². The SMILES string of the molecule is Clc1c2ccccc2cc2c3ccccc3n(-c3ccc(-c4nc(-c5ccccc5)nc(-c5cccc(-c6ccccc6)c5)n4)cc3)c12. The smallest absolute Gasteiger partial charge is 0.164 e. The molecule has 0 aliphatic carbocycles. The zero-order valence-electron chi connectivity index (χ0n) is 25.8. The molecule has 0 bridgehead atoms. The minimum absolute atomic E-state index is 0.613. The maximum absolute atomic E-state index is 7.18. The molecule has 5 heteroatoms. The number of rotatable bonds is 5. The molecule has 9 aromatic rings. The van der Waals surface area contributed by atoms with Gasteiger partial charge in [-0.05, 0) is 59.0 Å². The van der Waals surface area contributed by atoms with Gasteiger partial charge >= 0.3 is 0 Å². The molecule has 9 rings (SSSR count). The largest absolute Gasteiger partial charge is 0.308 e. The predicted molar refractivity (Wildman–Crippen MR) is 198 cm³/mol. The Bertz CT molecular complexity index is 2610. The number of benzene rings is 7. The summed E-state index contributed by atoms with van der Waals surface area (Å²) in [4.78, 5) is 14.9. The van der Waals surface area contributed by atoms with Crippen molar-refractivity contribution in [3.05, 3.63) is 169 Å². The van der Waals surface area contributed by atoms with Gasteiger partial charge in [0.05, 0.1) is 16.1 Å². The van der Waals surface area contributed by atoms with Gasteiger partial charge in [0.25, 0.3) is 0 Å². The third-order valence-electron chi connectivity index (χ3n) is 8.90. The molecular formula is C43H27ClN4. The van der Waals surface area contributed by atoms with Crippen LogP contribution >= 0.6 is 11.6 Å². The minimum Gasteiger partial charge on any atom is -0.308 e. The van der Waals surface area contributed by atoms with Crippen molar-refractivity contribution in [2.24, 2.45) is 0 Å². The van der Waals surface area contributed by atoms with Crippen LogP contribution in [-0.4, -0.2) is 19.5 Å². The van der Waals surface area contributed by atoms with E-state index < -0.39 is 0 Å². The summed E-state index contributed by atoms with van der Waals surface area (Å²) in [5.74, 6) is 1.87. The lowest BCUT2D eigenvalue weighted by Gasteiger charge is -2.12. The van der Waals surface area contributed by atoms with Crippen molar-refractivity contribution in [3.8, 4) is 51.0 Å². The topological polar surface area (TPSA) is 43.6 Å². The van der Waals surface area contributed by atoms with Crippen molar-refractivity contribution < 1.29 is 0 Å². The molecule has 2 heterocycles. The normalized spacial score (nSPS) is 11.4. The van der Waals surface area contributed by atoms with Gasteiger partial charge in [0, 0.05) is 38.5 Å². The monoisotopic (exact) mass is 634 g/mol. The number of aromatic nitrogens is 4.